The van der Waals surface area contributed by atoms with Gasteiger partial charge in [0, 0.05) is 5.75 Å². The average Bonchev–Trinajstić information content (AvgIpc) is 1.84. The van der Waals surface area contributed by atoms with Gasteiger partial charge in [-0.15, -0.1) is 6.58 Å². The van der Waals surface area contributed by atoms with Crippen LogP contribution in [0.5, 0.6) is 0 Å². The van der Waals surface area contributed by atoms with E-state index in [0.29, 0.717) is 6.42 Å². The molecule has 0 heterocycles. The van der Waals surface area contributed by atoms with E-state index in [1.165, 1.54) is 6.08 Å². The summed E-state index contributed by atoms with van der Waals surface area (Å²) in [5, 5.41) is 0. The quantitative estimate of drug-likeness (QED) is 0.297. The Kier molecular flexibility index (Phi) is 8.95. The maximum absolute atomic E-state index is 10.3. The summed E-state index contributed by atoms with van der Waals surface area (Å²) in [5.41, 5.74) is 0. The summed E-state index contributed by atoms with van der Waals surface area (Å²) in [6.45, 7) is 5.40. The van der Waals surface area contributed by atoms with Gasteiger partial charge in [0.1, 0.15) is 0 Å². The molecular weight excluding hydrogens is 187 g/mol. The molecule has 1 atom stereocenters. The van der Waals surface area contributed by atoms with Crippen LogP contribution < -0.4 is 29.6 Å². The molecule has 3 nitrogen and oxygen atoms in total. The molecule has 0 aromatic carbocycles. The van der Waals surface area contributed by atoms with Crippen LogP contribution in [0.2, 0.25) is 0 Å². The standard InChI is InChI=1S/C7H14O3S.Na/c1-3-5-7(4-2)6-11(8,9)10;/h4,7H,2-3,5-6H2,1H3,(H,8,9,10);/q;+1/p-1. The van der Waals surface area contributed by atoms with E-state index in [2.05, 4.69) is 6.58 Å². The Bertz CT molecular complexity index is 211. The van der Waals surface area contributed by atoms with Gasteiger partial charge in [-0.2, -0.15) is 0 Å². The van der Waals surface area contributed by atoms with Gasteiger partial charge in [0.15, 0.2) is 0 Å². The number of hydrogen-bond donors (Lipinski definition) is 0. The van der Waals surface area contributed by atoms with Crippen molar-refractivity contribution in [2.75, 3.05) is 5.75 Å². The number of rotatable bonds is 5. The molecule has 0 aliphatic carbocycles. The Morgan fingerprint density at radius 3 is 2.33 bits per heavy atom. The van der Waals surface area contributed by atoms with E-state index in [9.17, 15) is 13.0 Å². The molecule has 0 aromatic rings. The molecule has 0 fully saturated rings. The Morgan fingerprint density at radius 2 is 2.08 bits per heavy atom. The van der Waals surface area contributed by atoms with E-state index in [0.717, 1.165) is 6.42 Å². The van der Waals surface area contributed by atoms with E-state index in [-0.39, 0.29) is 41.2 Å². The van der Waals surface area contributed by atoms with Gasteiger partial charge in [-0.1, -0.05) is 19.4 Å². The third kappa shape index (κ3) is 8.74. The molecule has 1 unspecified atom stereocenters. The van der Waals surface area contributed by atoms with Crippen LogP contribution in [-0.2, 0) is 10.1 Å². The van der Waals surface area contributed by atoms with E-state index < -0.39 is 10.1 Å². The molecule has 12 heavy (non-hydrogen) atoms. The first kappa shape index (κ1) is 15.1. The molecule has 0 saturated heterocycles. The zero-order chi connectivity index (χ0) is 8.91. The molecule has 0 rings (SSSR count). The van der Waals surface area contributed by atoms with Crippen LogP contribution in [-0.4, -0.2) is 18.7 Å². The first-order valence-corrected chi connectivity index (χ1v) is 5.13. The second-order valence-electron chi connectivity index (χ2n) is 2.51. The summed E-state index contributed by atoms with van der Waals surface area (Å²) in [7, 11) is -4.08. The van der Waals surface area contributed by atoms with Crippen LogP contribution in [0.3, 0.4) is 0 Å². The Balaban J connectivity index is 0. The maximum atomic E-state index is 10.3. The smallest absolute Gasteiger partial charge is 0.748 e. The predicted octanol–water partition coefficient (Wildman–Crippen LogP) is -1.86. The molecule has 66 valence electrons. The first-order chi connectivity index (χ1) is 4.99. The largest absolute Gasteiger partial charge is 1.00 e. The van der Waals surface area contributed by atoms with Crippen molar-refractivity contribution in [1.82, 2.24) is 0 Å². The van der Waals surface area contributed by atoms with Gasteiger partial charge in [-0.3, -0.25) is 0 Å². The molecule has 0 spiro atoms. The Morgan fingerprint density at radius 1 is 1.58 bits per heavy atom. The first-order valence-electron chi connectivity index (χ1n) is 3.55. The molecule has 0 saturated carbocycles. The van der Waals surface area contributed by atoms with E-state index in [1.54, 1.807) is 0 Å². The third-order valence-corrected chi connectivity index (χ3v) is 2.25. The summed E-state index contributed by atoms with van der Waals surface area (Å²) in [6, 6.07) is 0. The molecule has 0 N–H and O–H groups in total. The fraction of sp³-hybridized carbons (Fsp3) is 0.714. The van der Waals surface area contributed by atoms with Crippen molar-refractivity contribution in [2.45, 2.75) is 19.8 Å². The summed E-state index contributed by atoms with van der Waals surface area (Å²) in [4.78, 5) is 0. The zero-order valence-electron chi connectivity index (χ0n) is 7.62. The van der Waals surface area contributed by atoms with Crippen molar-refractivity contribution in [3.05, 3.63) is 12.7 Å². The second-order valence-corrected chi connectivity index (χ2v) is 3.96. The minimum Gasteiger partial charge on any atom is -0.748 e. The van der Waals surface area contributed by atoms with Crippen LogP contribution in [0.25, 0.3) is 0 Å². The van der Waals surface area contributed by atoms with Gasteiger partial charge in [0.2, 0.25) is 0 Å². The Labute approximate surface area is 96.3 Å². The zero-order valence-corrected chi connectivity index (χ0v) is 10.4. The molecule has 0 aromatic heterocycles. The fourth-order valence-corrected chi connectivity index (χ4v) is 1.73. The van der Waals surface area contributed by atoms with Crippen LogP contribution in [0.15, 0.2) is 12.7 Å². The molecule has 0 aliphatic rings. The van der Waals surface area contributed by atoms with Gasteiger partial charge in [0.05, 0.1) is 10.1 Å². The minimum absolute atomic E-state index is 0. The normalized spacial score (nSPS) is 13.2. The second kappa shape index (κ2) is 7.09. The van der Waals surface area contributed by atoms with Crippen molar-refractivity contribution < 1.29 is 42.5 Å². The monoisotopic (exact) mass is 200 g/mol. The SMILES string of the molecule is C=CC(CCC)CS(=O)(=O)[O-].[Na+]. The van der Waals surface area contributed by atoms with Crippen molar-refractivity contribution in [1.29, 1.82) is 0 Å². The topological polar surface area (TPSA) is 57.2 Å². The summed E-state index contributed by atoms with van der Waals surface area (Å²) in [6.07, 6.45) is 3.11. The van der Waals surface area contributed by atoms with E-state index in [1.807, 2.05) is 6.92 Å². The van der Waals surface area contributed by atoms with Crippen molar-refractivity contribution in [3.8, 4) is 0 Å². The van der Waals surface area contributed by atoms with Crippen molar-refractivity contribution in [2.24, 2.45) is 5.92 Å². The van der Waals surface area contributed by atoms with Gasteiger partial charge < -0.3 is 4.55 Å². The molecule has 5 heteroatoms. The van der Waals surface area contributed by atoms with Crippen LogP contribution >= 0.6 is 0 Å². The summed E-state index contributed by atoms with van der Waals surface area (Å²) >= 11 is 0. The molecule has 0 radical (unpaired) electrons. The summed E-state index contributed by atoms with van der Waals surface area (Å²) in [5.74, 6) is -0.493. The van der Waals surface area contributed by atoms with Crippen molar-refractivity contribution in [3.63, 3.8) is 0 Å². The van der Waals surface area contributed by atoms with Gasteiger partial charge in [-0.25, -0.2) is 8.42 Å². The minimum atomic E-state index is -4.08. The fourth-order valence-electron chi connectivity index (χ4n) is 0.902. The third-order valence-electron chi connectivity index (χ3n) is 1.41. The molecular formula is C7H13NaO3S. The number of hydrogen-bond acceptors (Lipinski definition) is 3. The Hall–Kier alpha value is 0.650. The molecule has 0 amide bonds. The average molecular weight is 200 g/mol. The van der Waals surface area contributed by atoms with Gasteiger partial charge >= 0.3 is 29.6 Å². The maximum Gasteiger partial charge on any atom is 1.00 e. The summed E-state index contributed by atoms with van der Waals surface area (Å²) < 4.78 is 30.8. The van der Waals surface area contributed by atoms with Crippen LogP contribution in [0, 0.1) is 5.92 Å². The van der Waals surface area contributed by atoms with Crippen molar-refractivity contribution >= 4 is 10.1 Å². The number of allylic oxidation sites excluding steroid dienone is 1. The molecule has 0 aliphatic heterocycles. The van der Waals surface area contributed by atoms with E-state index >= 15 is 0 Å². The van der Waals surface area contributed by atoms with Gasteiger partial charge in [-0.05, 0) is 12.3 Å². The van der Waals surface area contributed by atoms with Crippen LogP contribution in [0.1, 0.15) is 19.8 Å². The van der Waals surface area contributed by atoms with E-state index in [4.69, 9.17) is 0 Å². The predicted molar refractivity (Wildman–Crippen MR) is 43.2 cm³/mol. The van der Waals surface area contributed by atoms with Gasteiger partial charge in [0.25, 0.3) is 0 Å². The van der Waals surface area contributed by atoms with Crippen LogP contribution in [0.4, 0.5) is 0 Å². The molecule has 0 bridgehead atoms.